The average molecular weight is 395 g/mol. The first-order valence-electron chi connectivity index (χ1n) is 9.01. The lowest BCUT2D eigenvalue weighted by atomic mass is 10.1. The van der Waals surface area contributed by atoms with E-state index in [1.54, 1.807) is 60.7 Å². The van der Waals surface area contributed by atoms with Crippen molar-refractivity contribution >= 4 is 17.4 Å². The number of ketones is 1. The molecule has 1 atom stereocenters. The van der Waals surface area contributed by atoms with E-state index in [1.807, 2.05) is 0 Å². The highest BCUT2D eigenvalue weighted by Crippen LogP contribution is 2.17. The number of carbonyl (C=O) groups excluding carboxylic acids is 2. The molecule has 2 N–H and O–H groups in total. The van der Waals surface area contributed by atoms with Gasteiger partial charge in [0, 0.05) is 11.3 Å². The zero-order valence-electron chi connectivity index (χ0n) is 15.8. The molecule has 0 unspecified atom stereocenters. The van der Waals surface area contributed by atoms with Gasteiger partial charge in [-0.3, -0.25) is 9.59 Å². The summed E-state index contributed by atoms with van der Waals surface area (Å²) in [6.07, 6.45) is 0.579. The topological polar surface area (TPSA) is 98.0 Å². The molecule has 0 spiro atoms. The van der Waals surface area contributed by atoms with Gasteiger partial charge in [-0.1, -0.05) is 12.1 Å². The number of hydrogen-bond donors (Lipinski definition) is 2. The molecule has 29 heavy (non-hydrogen) atoms. The van der Waals surface area contributed by atoms with E-state index in [2.05, 4.69) is 5.32 Å². The smallest absolute Gasteiger partial charge is 0.291 e. The second kappa shape index (κ2) is 9.57. The maximum absolute atomic E-state index is 11.9. The van der Waals surface area contributed by atoms with Gasteiger partial charge in [-0.15, -0.1) is 0 Å². The summed E-state index contributed by atoms with van der Waals surface area (Å²) in [4.78, 5) is 23.3. The second-order valence-corrected chi connectivity index (χ2v) is 6.32. The van der Waals surface area contributed by atoms with Crippen LogP contribution >= 0.6 is 0 Å². The first-order valence-corrected chi connectivity index (χ1v) is 9.01. The summed E-state index contributed by atoms with van der Waals surface area (Å²) < 4.78 is 16.1. The third-order valence-corrected chi connectivity index (χ3v) is 3.98. The highest BCUT2D eigenvalue weighted by molar-refractivity contribution is 6.02. The van der Waals surface area contributed by atoms with Gasteiger partial charge in [0.25, 0.3) is 5.91 Å². The molecule has 150 valence electrons. The van der Waals surface area contributed by atoms with E-state index < -0.39 is 6.10 Å². The van der Waals surface area contributed by atoms with Crippen molar-refractivity contribution in [1.82, 2.24) is 0 Å². The fraction of sp³-hybridized carbons (Fsp3) is 0.182. The van der Waals surface area contributed by atoms with Crippen LogP contribution < -0.4 is 14.8 Å². The van der Waals surface area contributed by atoms with Crippen LogP contribution in [0, 0.1) is 0 Å². The Labute approximate surface area is 167 Å². The Morgan fingerprint density at radius 3 is 2.38 bits per heavy atom. The molecule has 0 fully saturated rings. The highest BCUT2D eigenvalue weighted by atomic mass is 16.5. The summed E-state index contributed by atoms with van der Waals surface area (Å²) >= 11 is 0. The zero-order valence-corrected chi connectivity index (χ0v) is 15.8. The van der Waals surface area contributed by atoms with Gasteiger partial charge in [0.1, 0.15) is 30.8 Å². The number of carbonyl (C=O) groups is 2. The molecule has 0 saturated carbocycles. The number of benzene rings is 2. The van der Waals surface area contributed by atoms with Crippen molar-refractivity contribution < 1.29 is 28.6 Å². The number of nitrogens with one attached hydrogen (secondary N) is 1. The molecule has 0 aliphatic heterocycles. The Kier molecular flexibility index (Phi) is 6.65. The van der Waals surface area contributed by atoms with Gasteiger partial charge in [0.2, 0.25) is 0 Å². The number of furan rings is 1. The van der Waals surface area contributed by atoms with Gasteiger partial charge in [-0.05, 0) is 55.5 Å². The molecule has 3 aromatic rings. The Morgan fingerprint density at radius 2 is 1.72 bits per heavy atom. The zero-order chi connectivity index (χ0) is 20.6. The van der Waals surface area contributed by atoms with Crippen LogP contribution in [0.3, 0.4) is 0 Å². The molecule has 1 aromatic heterocycles. The van der Waals surface area contributed by atoms with E-state index >= 15 is 0 Å². The lowest BCUT2D eigenvalue weighted by molar-refractivity contribution is 0.0626. The van der Waals surface area contributed by atoms with Gasteiger partial charge in [0.05, 0.1) is 6.26 Å². The quantitative estimate of drug-likeness (QED) is 0.538. The summed E-state index contributed by atoms with van der Waals surface area (Å²) in [5, 5.41) is 12.8. The van der Waals surface area contributed by atoms with Gasteiger partial charge < -0.3 is 24.3 Å². The van der Waals surface area contributed by atoms with E-state index in [4.69, 9.17) is 13.9 Å². The van der Waals surface area contributed by atoms with Gasteiger partial charge in [0.15, 0.2) is 11.5 Å². The van der Waals surface area contributed by atoms with Gasteiger partial charge in [-0.2, -0.15) is 0 Å². The fourth-order valence-corrected chi connectivity index (χ4v) is 2.47. The third kappa shape index (κ3) is 5.95. The van der Waals surface area contributed by atoms with Crippen molar-refractivity contribution in [3.05, 3.63) is 78.3 Å². The van der Waals surface area contributed by atoms with Crippen molar-refractivity contribution in [2.24, 2.45) is 0 Å². The molecule has 0 aliphatic carbocycles. The lowest BCUT2D eigenvalue weighted by Gasteiger charge is -2.14. The Hall–Kier alpha value is -3.58. The SMILES string of the molecule is CC(=O)c1cccc(OC[C@H](O)COc2ccc(NC(=O)c3ccco3)cc2)c1. The molecule has 1 amide bonds. The maximum Gasteiger partial charge on any atom is 0.291 e. The molecule has 1 heterocycles. The number of hydrogen-bond acceptors (Lipinski definition) is 6. The second-order valence-electron chi connectivity index (χ2n) is 6.32. The normalized spacial score (nSPS) is 11.5. The van der Waals surface area contributed by atoms with E-state index in [9.17, 15) is 14.7 Å². The standard InChI is InChI=1S/C22H21NO6/c1-15(24)16-4-2-5-20(12-16)29-14-18(25)13-28-19-9-7-17(8-10-19)23-22(26)21-6-3-11-27-21/h2-12,18,25H,13-14H2,1H3,(H,23,26)/t18-/m1/s1. The van der Waals surface area contributed by atoms with Crippen molar-refractivity contribution in [1.29, 1.82) is 0 Å². The van der Waals surface area contributed by atoms with E-state index in [1.165, 1.54) is 13.2 Å². The predicted molar refractivity (Wildman–Crippen MR) is 107 cm³/mol. The number of Topliss-reactive ketones (excluding diaryl/α,β-unsaturated/α-hetero) is 1. The molecule has 7 nitrogen and oxygen atoms in total. The number of amides is 1. The largest absolute Gasteiger partial charge is 0.491 e. The van der Waals surface area contributed by atoms with E-state index in [0.29, 0.717) is 22.7 Å². The molecule has 0 aliphatic rings. The first kappa shape index (κ1) is 20.2. The summed E-state index contributed by atoms with van der Waals surface area (Å²) in [5.41, 5.74) is 1.14. The summed E-state index contributed by atoms with van der Waals surface area (Å²) in [6, 6.07) is 16.7. The van der Waals surface area contributed by atoms with Crippen LogP contribution in [0.5, 0.6) is 11.5 Å². The Bertz CT molecular complexity index is 950. The van der Waals surface area contributed by atoms with Crippen molar-refractivity contribution in [2.45, 2.75) is 13.0 Å². The number of rotatable bonds is 9. The van der Waals surface area contributed by atoms with E-state index in [0.717, 1.165) is 0 Å². The Morgan fingerprint density at radius 1 is 1.00 bits per heavy atom. The molecular formula is C22H21NO6. The maximum atomic E-state index is 11.9. The first-order chi connectivity index (χ1) is 14.0. The van der Waals surface area contributed by atoms with Crippen LogP contribution in [0.1, 0.15) is 27.8 Å². The average Bonchev–Trinajstić information content (AvgIpc) is 3.27. The number of ether oxygens (including phenoxy) is 2. The van der Waals surface area contributed by atoms with Crippen molar-refractivity contribution in [3.8, 4) is 11.5 Å². The molecule has 0 saturated heterocycles. The van der Waals surface area contributed by atoms with E-state index in [-0.39, 0.29) is 30.7 Å². The minimum absolute atomic E-state index is 0.0264. The molecule has 3 rings (SSSR count). The number of aliphatic hydroxyl groups is 1. The summed E-state index contributed by atoms with van der Waals surface area (Å²) in [5.74, 6) is 0.877. The van der Waals surface area contributed by atoms with Gasteiger partial charge >= 0.3 is 0 Å². The fourth-order valence-electron chi connectivity index (χ4n) is 2.47. The van der Waals surface area contributed by atoms with Crippen LogP contribution in [0.4, 0.5) is 5.69 Å². The van der Waals surface area contributed by atoms with Crippen molar-refractivity contribution in [2.75, 3.05) is 18.5 Å². The van der Waals surface area contributed by atoms with Crippen LogP contribution in [-0.2, 0) is 0 Å². The Balaban J connectivity index is 1.44. The lowest BCUT2D eigenvalue weighted by Crippen LogP contribution is -2.25. The molecule has 0 radical (unpaired) electrons. The molecule has 2 aromatic carbocycles. The van der Waals surface area contributed by atoms with Crippen LogP contribution in [0.15, 0.2) is 71.3 Å². The third-order valence-electron chi connectivity index (χ3n) is 3.98. The molecule has 0 bridgehead atoms. The summed E-state index contributed by atoms with van der Waals surface area (Å²) in [7, 11) is 0. The summed E-state index contributed by atoms with van der Waals surface area (Å²) in [6.45, 7) is 1.54. The van der Waals surface area contributed by atoms with Crippen LogP contribution in [-0.4, -0.2) is 36.1 Å². The minimum atomic E-state index is -0.852. The highest BCUT2D eigenvalue weighted by Gasteiger charge is 2.10. The number of anilines is 1. The van der Waals surface area contributed by atoms with Gasteiger partial charge in [-0.25, -0.2) is 0 Å². The monoisotopic (exact) mass is 395 g/mol. The molecular weight excluding hydrogens is 374 g/mol. The predicted octanol–water partition coefficient (Wildman–Crippen LogP) is 3.55. The minimum Gasteiger partial charge on any atom is -0.491 e. The molecule has 7 heteroatoms. The number of aliphatic hydroxyl groups excluding tert-OH is 1. The van der Waals surface area contributed by atoms with Crippen LogP contribution in [0.25, 0.3) is 0 Å². The van der Waals surface area contributed by atoms with Crippen LogP contribution in [0.2, 0.25) is 0 Å². The van der Waals surface area contributed by atoms with Crippen molar-refractivity contribution in [3.63, 3.8) is 0 Å².